The topological polar surface area (TPSA) is 57.4 Å². The normalized spacial score (nSPS) is 14.6. The summed E-state index contributed by atoms with van der Waals surface area (Å²) in [6.07, 6.45) is 0. The Labute approximate surface area is 150 Å². The number of hydrogen-bond donors (Lipinski definition) is 2. The molecule has 1 aliphatic rings. The van der Waals surface area contributed by atoms with Gasteiger partial charge < -0.3 is 19.9 Å². The average molecular weight is 353 g/mol. The zero-order chi connectivity index (χ0) is 18.1. The highest BCUT2D eigenvalue weighted by Crippen LogP contribution is 2.27. The van der Waals surface area contributed by atoms with E-state index in [4.69, 9.17) is 4.74 Å². The number of ether oxygens (including phenoxy) is 1. The van der Waals surface area contributed by atoms with E-state index in [1.54, 1.807) is 6.07 Å². The predicted molar refractivity (Wildman–Crippen MR) is 100 cm³/mol. The molecule has 1 aliphatic heterocycles. The maximum Gasteiger partial charge on any atom is 0.272 e. The zero-order valence-corrected chi connectivity index (χ0v) is 14.5. The van der Waals surface area contributed by atoms with E-state index in [2.05, 4.69) is 15.2 Å². The van der Waals surface area contributed by atoms with E-state index in [0.29, 0.717) is 24.4 Å². The van der Waals surface area contributed by atoms with Crippen LogP contribution in [0.5, 0.6) is 0 Å². The third kappa shape index (κ3) is 3.15. The largest absolute Gasteiger partial charge is 0.378 e. The van der Waals surface area contributed by atoms with E-state index in [1.807, 2.05) is 31.2 Å². The van der Waals surface area contributed by atoms with Crippen molar-refractivity contribution in [1.82, 2.24) is 4.98 Å². The number of H-pyrrole nitrogens is 1. The van der Waals surface area contributed by atoms with Crippen LogP contribution in [0, 0.1) is 12.7 Å². The first-order valence-corrected chi connectivity index (χ1v) is 8.64. The molecule has 2 aromatic carbocycles. The van der Waals surface area contributed by atoms with Crippen LogP contribution < -0.4 is 10.2 Å². The summed E-state index contributed by atoms with van der Waals surface area (Å²) in [6.45, 7) is 4.76. The van der Waals surface area contributed by atoms with Gasteiger partial charge in [-0.25, -0.2) is 4.39 Å². The third-order valence-electron chi connectivity index (χ3n) is 4.66. The van der Waals surface area contributed by atoms with Crippen LogP contribution in [0.1, 0.15) is 16.1 Å². The van der Waals surface area contributed by atoms with E-state index in [0.717, 1.165) is 35.4 Å². The SMILES string of the molecule is Cc1cc(F)cc2[nH]c(C(=O)Nc3ccccc3N3CCOCC3)cc12. The number of benzene rings is 2. The molecule has 0 saturated carbocycles. The molecule has 26 heavy (non-hydrogen) atoms. The fraction of sp³-hybridized carbons (Fsp3) is 0.250. The van der Waals surface area contributed by atoms with Gasteiger partial charge in [0.15, 0.2) is 0 Å². The first-order chi connectivity index (χ1) is 12.6. The highest BCUT2D eigenvalue weighted by Gasteiger charge is 2.17. The smallest absolute Gasteiger partial charge is 0.272 e. The fourth-order valence-electron chi connectivity index (χ4n) is 3.35. The highest BCUT2D eigenvalue weighted by molar-refractivity contribution is 6.07. The monoisotopic (exact) mass is 353 g/mol. The van der Waals surface area contributed by atoms with Gasteiger partial charge in [-0.05, 0) is 42.8 Å². The summed E-state index contributed by atoms with van der Waals surface area (Å²) in [5, 5.41) is 3.82. The van der Waals surface area contributed by atoms with Crippen LogP contribution >= 0.6 is 0 Å². The summed E-state index contributed by atoms with van der Waals surface area (Å²) in [5.74, 6) is -0.566. The average Bonchev–Trinajstić information content (AvgIpc) is 3.07. The molecular weight excluding hydrogens is 333 g/mol. The minimum absolute atomic E-state index is 0.248. The van der Waals surface area contributed by atoms with Crippen LogP contribution in [0.25, 0.3) is 10.9 Å². The highest BCUT2D eigenvalue weighted by atomic mass is 19.1. The third-order valence-corrected chi connectivity index (χ3v) is 4.66. The molecule has 0 atom stereocenters. The molecule has 0 bridgehead atoms. The number of amides is 1. The Morgan fingerprint density at radius 3 is 2.77 bits per heavy atom. The Morgan fingerprint density at radius 2 is 1.96 bits per heavy atom. The quantitative estimate of drug-likeness (QED) is 0.755. The molecule has 0 aliphatic carbocycles. The molecule has 134 valence electrons. The van der Waals surface area contributed by atoms with Gasteiger partial charge in [-0.1, -0.05) is 12.1 Å². The van der Waals surface area contributed by atoms with Crippen molar-refractivity contribution in [1.29, 1.82) is 0 Å². The van der Waals surface area contributed by atoms with Crippen LogP contribution in [-0.2, 0) is 4.74 Å². The Kier molecular flexibility index (Phi) is 4.34. The van der Waals surface area contributed by atoms with E-state index < -0.39 is 0 Å². The van der Waals surface area contributed by atoms with Gasteiger partial charge in [0.2, 0.25) is 0 Å². The lowest BCUT2D eigenvalue weighted by Gasteiger charge is -2.30. The van der Waals surface area contributed by atoms with E-state index in [-0.39, 0.29) is 11.7 Å². The summed E-state index contributed by atoms with van der Waals surface area (Å²) in [7, 11) is 0. The lowest BCUT2D eigenvalue weighted by atomic mass is 10.1. The van der Waals surface area contributed by atoms with E-state index >= 15 is 0 Å². The molecule has 5 nitrogen and oxygen atoms in total. The molecule has 1 fully saturated rings. The van der Waals surface area contributed by atoms with Crippen molar-refractivity contribution in [2.75, 3.05) is 36.5 Å². The van der Waals surface area contributed by atoms with Crippen molar-refractivity contribution in [2.45, 2.75) is 6.92 Å². The second-order valence-corrected chi connectivity index (χ2v) is 6.44. The Balaban J connectivity index is 1.62. The summed E-state index contributed by atoms with van der Waals surface area (Å²) >= 11 is 0. The summed E-state index contributed by atoms with van der Waals surface area (Å²) < 4.78 is 19.0. The summed E-state index contributed by atoms with van der Waals surface area (Å²) in [5.41, 5.74) is 3.55. The molecule has 0 unspecified atom stereocenters. The van der Waals surface area contributed by atoms with Gasteiger partial charge in [-0.3, -0.25) is 4.79 Å². The molecule has 1 saturated heterocycles. The number of carbonyl (C=O) groups excluding carboxylic acids is 1. The number of aromatic nitrogens is 1. The second kappa shape index (κ2) is 6.80. The Hall–Kier alpha value is -2.86. The fourth-order valence-corrected chi connectivity index (χ4v) is 3.35. The first-order valence-electron chi connectivity index (χ1n) is 8.64. The molecule has 1 aromatic heterocycles. The van der Waals surface area contributed by atoms with Crippen LogP contribution in [0.2, 0.25) is 0 Å². The van der Waals surface area contributed by atoms with Crippen molar-refractivity contribution in [2.24, 2.45) is 0 Å². The lowest BCUT2D eigenvalue weighted by molar-refractivity contribution is 0.102. The number of carbonyl (C=O) groups is 1. The molecule has 6 heteroatoms. The van der Waals surface area contributed by atoms with Crippen LogP contribution in [0.4, 0.5) is 15.8 Å². The number of morpholine rings is 1. The number of anilines is 2. The molecule has 4 rings (SSSR count). The minimum Gasteiger partial charge on any atom is -0.378 e. The van der Waals surface area contributed by atoms with Crippen molar-refractivity contribution in [3.05, 3.63) is 59.5 Å². The van der Waals surface area contributed by atoms with Crippen LogP contribution in [-0.4, -0.2) is 37.2 Å². The van der Waals surface area contributed by atoms with Crippen molar-refractivity contribution in [3.8, 4) is 0 Å². The number of aromatic amines is 1. The number of rotatable bonds is 3. The number of fused-ring (bicyclic) bond motifs is 1. The van der Waals surface area contributed by atoms with Crippen molar-refractivity contribution >= 4 is 28.2 Å². The lowest BCUT2D eigenvalue weighted by Crippen LogP contribution is -2.36. The van der Waals surface area contributed by atoms with Gasteiger partial charge in [0.05, 0.1) is 24.6 Å². The first kappa shape index (κ1) is 16.6. The van der Waals surface area contributed by atoms with Gasteiger partial charge in [-0.2, -0.15) is 0 Å². The van der Waals surface area contributed by atoms with Crippen LogP contribution in [0.3, 0.4) is 0 Å². The Bertz CT molecular complexity index is 961. The minimum atomic E-state index is -0.318. The number of nitrogens with one attached hydrogen (secondary N) is 2. The molecule has 2 N–H and O–H groups in total. The van der Waals surface area contributed by atoms with Crippen molar-refractivity contribution in [3.63, 3.8) is 0 Å². The maximum absolute atomic E-state index is 13.6. The second-order valence-electron chi connectivity index (χ2n) is 6.44. The molecular formula is C20H20FN3O2. The zero-order valence-electron chi connectivity index (χ0n) is 14.5. The molecule has 2 heterocycles. The number of aryl methyl sites for hydroxylation is 1. The van der Waals surface area contributed by atoms with Gasteiger partial charge in [-0.15, -0.1) is 0 Å². The van der Waals surface area contributed by atoms with Gasteiger partial charge in [0.1, 0.15) is 11.5 Å². The van der Waals surface area contributed by atoms with E-state index in [1.165, 1.54) is 12.1 Å². The number of para-hydroxylation sites is 2. The summed E-state index contributed by atoms with van der Waals surface area (Å²) in [4.78, 5) is 17.9. The van der Waals surface area contributed by atoms with E-state index in [9.17, 15) is 9.18 Å². The number of hydrogen-bond acceptors (Lipinski definition) is 3. The Morgan fingerprint density at radius 1 is 1.19 bits per heavy atom. The van der Waals surface area contributed by atoms with Crippen molar-refractivity contribution < 1.29 is 13.9 Å². The molecule has 0 radical (unpaired) electrons. The van der Waals surface area contributed by atoms with Crippen LogP contribution in [0.15, 0.2) is 42.5 Å². The number of halogens is 1. The van der Waals surface area contributed by atoms with Gasteiger partial charge in [0.25, 0.3) is 5.91 Å². The van der Waals surface area contributed by atoms with Gasteiger partial charge in [0, 0.05) is 24.0 Å². The number of nitrogens with zero attached hydrogens (tertiary/aromatic N) is 1. The molecule has 1 amide bonds. The standard InChI is InChI=1S/C20H20FN3O2/c1-13-10-14(21)11-17-15(13)12-18(22-17)20(25)23-16-4-2-3-5-19(16)24-6-8-26-9-7-24/h2-5,10-12,22H,6-9H2,1H3,(H,23,25). The maximum atomic E-state index is 13.6. The summed E-state index contributed by atoms with van der Waals surface area (Å²) in [6, 6.07) is 12.4. The van der Waals surface area contributed by atoms with Gasteiger partial charge >= 0.3 is 0 Å². The predicted octanol–water partition coefficient (Wildman–Crippen LogP) is 3.70. The molecule has 0 spiro atoms. The molecule has 3 aromatic rings.